The van der Waals surface area contributed by atoms with Crippen molar-refractivity contribution in [3.63, 3.8) is 0 Å². The van der Waals surface area contributed by atoms with Gasteiger partial charge in [-0.3, -0.25) is 9.59 Å². The van der Waals surface area contributed by atoms with Gasteiger partial charge in [-0.1, -0.05) is 12.1 Å². The fraction of sp³-hybridized carbons (Fsp3) is 0.300. The second kappa shape index (κ2) is 6.83. The molecule has 2 aliphatic rings. The van der Waals surface area contributed by atoms with Crippen molar-refractivity contribution in [1.82, 2.24) is 0 Å². The molecule has 0 saturated heterocycles. The van der Waals surface area contributed by atoms with Gasteiger partial charge < -0.3 is 24.4 Å². The largest absolute Gasteiger partial charge is 0.493 e. The number of likely N-dealkylation sites (N-methyl/N-ethyl adjacent to an activating group) is 1. The van der Waals surface area contributed by atoms with Crippen LogP contribution in [0.15, 0.2) is 36.4 Å². The monoisotopic (exact) mass is 368 g/mol. The van der Waals surface area contributed by atoms with E-state index in [1.807, 2.05) is 18.2 Å². The number of fused-ring (bicyclic) bond motifs is 2. The second-order valence-electron chi connectivity index (χ2n) is 6.57. The first-order valence-electron chi connectivity index (χ1n) is 8.69. The summed E-state index contributed by atoms with van der Waals surface area (Å²) in [5.74, 6) is 1.43. The van der Waals surface area contributed by atoms with Gasteiger partial charge in [0.2, 0.25) is 5.91 Å². The van der Waals surface area contributed by atoms with Gasteiger partial charge in [0.25, 0.3) is 5.91 Å². The number of hydrogen-bond donors (Lipinski definition) is 1. The fourth-order valence-electron chi connectivity index (χ4n) is 3.32. The molecule has 2 aromatic rings. The summed E-state index contributed by atoms with van der Waals surface area (Å²) in [5, 5.41) is 2.91. The Morgan fingerprint density at radius 1 is 1.26 bits per heavy atom. The van der Waals surface area contributed by atoms with E-state index in [4.69, 9.17) is 14.2 Å². The summed E-state index contributed by atoms with van der Waals surface area (Å²) in [4.78, 5) is 26.0. The van der Waals surface area contributed by atoms with Crippen LogP contribution >= 0.6 is 0 Å². The van der Waals surface area contributed by atoms with Gasteiger partial charge >= 0.3 is 0 Å². The standard InChI is InChI=1S/C20H20N2O5/c1-22-15-9-14(6-7-16(15)26-11-18(22)23)21-20(24)13-8-12-4-3-5-17(25-2)19(12)27-10-13/h3-7,9,13H,8,10-11H2,1-2H3,(H,21,24). The Hall–Kier alpha value is -3.22. The lowest BCUT2D eigenvalue weighted by Crippen LogP contribution is -2.35. The summed E-state index contributed by atoms with van der Waals surface area (Å²) in [6, 6.07) is 10.9. The predicted octanol–water partition coefficient (Wildman–Crippen LogP) is 2.24. The van der Waals surface area contributed by atoms with Crippen LogP contribution in [0.25, 0.3) is 0 Å². The maximum absolute atomic E-state index is 12.7. The number of para-hydroxylation sites is 1. The van der Waals surface area contributed by atoms with Gasteiger partial charge in [-0.15, -0.1) is 0 Å². The highest BCUT2D eigenvalue weighted by Gasteiger charge is 2.28. The molecular weight excluding hydrogens is 348 g/mol. The summed E-state index contributed by atoms with van der Waals surface area (Å²) < 4.78 is 16.5. The Labute approximate surface area is 156 Å². The zero-order chi connectivity index (χ0) is 19.0. The van der Waals surface area contributed by atoms with Crippen molar-refractivity contribution in [2.24, 2.45) is 5.92 Å². The summed E-state index contributed by atoms with van der Waals surface area (Å²) in [7, 11) is 3.29. The molecule has 2 heterocycles. The molecule has 0 bridgehead atoms. The fourth-order valence-corrected chi connectivity index (χ4v) is 3.32. The van der Waals surface area contributed by atoms with E-state index in [2.05, 4.69) is 5.32 Å². The lowest BCUT2D eigenvalue weighted by molar-refractivity contribution is -0.121. The van der Waals surface area contributed by atoms with Gasteiger partial charge in [0.05, 0.1) is 18.7 Å². The van der Waals surface area contributed by atoms with Crippen LogP contribution in [-0.4, -0.2) is 39.2 Å². The Balaban J connectivity index is 1.49. The first-order chi connectivity index (χ1) is 13.1. The molecule has 1 atom stereocenters. The van der Waals surface area contributed by atoms with E-state index in [-0.39, 0.29) is 30.9 Å². The van der Waals surface area contributed by atoms with E-state index < -0.39 is 0 Å². The van der Waals surface area contributed by atoms with Gasteiger partial charge in [0.1, 0.15) is 12.4 Å². The summed E-state index contributed by atoms with van der Waals surface area (Å²) in [5.41, 5.74) is 2.20. The molecule has 0 saturated carbocycles. The lowest BCUT2D eigenvalue weighted by atomic mass is 9.95. The molecule has 0 radical (unpaired) electrons. The normalized spacial score (nSPS) is 17.9. The van der Waals surface area contributed by atoms with Crippen molar-refractivity contribution in [2.75, 3.05) is 37.6 Å². The number of ether oxygens (including phenoxy) is 3. The Morgan fingerprint density at radius 3 is 2.93 bits per heavy atom. The molecule has 0 fully saturated rings. The number of amides is 2. The minimum Gasteiger partial charge on any atom is -0.493 e. The third-order valence-corrected chi connectivity index (χ3v) is 4.86. The van der Waals surface area contributed by atoms with Crippen molar-refractivity contribution < 1.29 is 23.8 Å². The van der Waals surface area contributed by atoms with Crippen LogP contribution in [0.1, 0.15) is 5.56 Å². The number of carbonyl (C=O) groups is 2. The number of nitrogens with zero attached hydrogens (tertiary/aromatic N) is 1. The first-order valence-corrected chi connectivity index (χ1v) is 8.69. The molecule has 2 aromatic carbocycles. The van der Waals surface area contributed by atoms with E-state index >= 15 is 0 Å². The van der Waals surface area contributed by atoms with Gasteiger partial charge in [0, 0.05) is 12.7 Å². The van der Waals surface area contributed by atoms with Crippen molar-refractivity contribution in [2.45, 2.75) is 6.42 Å². The number of anilines is 2. The first kappa shape index (κ1) is 17.2. The molecule has 1 unspecified atom stereocenters. The molecule has 7 nitrogen and oxygen atoms in total. The molecule has 2 aliphatic heterocycles. The maximum Gasteiger partial charge on any atom is 0.264 e. The molecule has 0 aromatic heterocycles. The van der Waals surface area contributed by atoms with Crippen LogP contribution in [0.2, 0.25) is 0 Å². The van der Waals surface area contributed by atoms with Gasteiger partial charge in [0.15, 0.2) is 18.1 Å². The molecule has 2 amide bonds. The predicted molar refractivity (Wildman–Crippen MR) is 99.7 cm³/mol. The van der Waals surface area contributed by atoms with Crippen molar-refractivity contribution >= 4 is 23.2 Å². The maximum atomic E-state index is 12.7. The average Bonchev–Trinajstić information content (AvgIpc) is 2.70. The molecular formula is C20H20N2O5. The molecule has 4 rings (SSSR count). The number of hydrogen-bond acceptors (Lipinski definition) is 5. The van der Waals surface area contributed by atoms with E-state index in [1.54, 1.807) is 32.4 Å². The summed E-state index contributed by atoms with van der Waals surface area (Å²) in [6.07, 6.45) is 0.574. The minimum atomic E-state index is -0.309. The summed E-state index contributed by atoms with van der Waals surface area (Å²) in [6.45, 7) is 0.309. The Kier molecular flexibility index (Phi) is 4.35. The van der Waals surface area contributed by atoms with Crippen LogP contribution in [0.5, 0.6) is 17.2 Å². The van der Waals surface area contributed by atoms with Crippen molar-refractivity contribution in [3.8, 4) is 17.2 Å². The van der Waals surface area contributed by atoms with Crippen LogP contribution in [0.3, 0.4) is 0 Å². The van der Waals surface area contributed by atoms with Crippen LogP contribution < -0.4 is 24.4 Å². The Bertz CT molecular complexity index is 911. The Morgan fingerprint density at radius 2 is 2.11 bits per heavy atom. The van der Waals surface area contributed by atoms with Gasteiger partial charge in [-0.05, 0) is 36.2 Å². The smallest absolute Gasteiger partial charge is 0.264 e. The topological polar surface area (TPSA) is 77.1 Å². The number of methoxy groups -OCH3 is 1. The number of benzene rings is 2. The number of rotatable bonds is 3. The lowest BCUT2D eigenvalue weighted by Gasteiger charge is -2.27. The highest BCUT2D eigenvalue weighted by molar-refractivity contribution is 5.99. The minimum absolute atomic E-state index is 0.0253. The third kappa shape index (κ3) is 3.16. The average molecular weight is 368 g/mol. The molecule has 7 heteroatoms. The zero-order valence-corrected chi connectivity index (χ0v) is 15.2. The van der Waals surface area contributed by atoms with Crippen molar-refractivity contribution in [1.29, 1.82) is 0 Å². The third-order valence-electron chi connectivity index (χ3n) is 4.86. The highest BCUT2D eigenvalue weighted by atomic mass is 16.5. The zero-order valence-electron chi connectivity index (χ0n) is 15.2. The van der Waals surface area contributed by atoms with Crippen molar-refractivity contribution in [3.05, 3.63) is 42.0 Å². The molecule has 0 aliphatic carbocycles. The molecule has 140 valence electrons. The van der Waals surface area contributed by atoms with Gasteiger partial charge in [-0.2, -0.15) is 0 Å². The quantitative estimate of drug-likeness (QED) is 0.899. The van der Waals surface area contributed by atoms with E-state index in [0.717, 1.165) is 5.56 Å². The van der Waals surface area contributed by atoms with E-state index in [9.17, 15) is 9.59 Å². The SMILES string of the molecule is COc1cccc2c1OCC(C(=O)Nc1ccc3c(c1)N(C)C(=O)CO3)C2. The van der Waals surface area contributed by atoms with E-state index in [0.29, 0.717) is 35.0 Å². The second-order valence-corrected chi connectivity index (χ2v) is 6.57. The number of nitrogens with one attached hydrogen (secondary N) is 1. The van der Waals surface area contributed by atoms with Crippen LogP contribution in [0.4, 0.5) is 11.4 Å². The molecule has 0 spiro atoms. The number of carbonyl (C=O) groups excluding carboxylic acids is 2. The molecule has 27 heavy (non-hydrogen) atoms. The van der Waals surface area contributed by atoms with Crippen LogP contribution in [-0.2, 0) is 16.0 Å². The van der Waals surface area contributed by atoms with Crippen LogP contribution in [0, 0.1) is 5.92 Å². The highest BCUT2D eigenvalue weighted by Crippen LogP contribution is 2.37. The van der Waals surface area contributed by atoms with E-state index in [1.165, 1.54) is 4.90 Å². The summed E-state index contributed by atoms with van der Waals surface area (Å²) >= 11 is 0. The molecule has 1 N–H and O–H groups in total. The van der Waals surface area contributed by atoms with Gasteiger partial charge in [-0.25, -0.2) is 0 Å².